The van der Waals surface area contributed by atoms with Gasteiger partial charge in [-0.15, -0.1) is 0 Å². The summed E-state index contributed by atoms with van der Waals surface area (Å²) in [4.78, 5) is 11.8. The van der Waals surface area contributed by atoms with E-state index in [2.05, 4.69) is 15.8 Å². The van der Waals surface area contributed by atoms with Crippen molar-refractivity contribution in [3.63, 3.8) is 0 Å². The van der Waals surface area contributed by atoms with E-state index in [-0.39, 0.29) is 0 Å². The Hall–Kier alpha value is -2.73. The molecule has 2 aromatic rings. The molecule has 0 spiro atoms. The molecule has 0 heterocycles. The normalized spacial score (nSPS) is 10.5. The summed E-state index contributed by atoms with van der Waals surface area (Å²) in [7, 11) is 0. The number of benzene rings is 2. The molecule has 2 amide bonds. The topological polar surface area (TPSA) is 72.0 Å². The maximum absolute atomic E-state index is 11.8. The van der Waals surface area contributed by atoms with Gasteiger partial charge in [0.25, 0.3) is 0 Å². The Morgan fingerprint density at radius 3 is 2.52 bits per heavy atom. The van der Waals surface area contributed by atoms with Crippen LogP contribution in [0.15, 0.2) is 47.6 Å². The predicted molar refractivity (Wildman–Crippen MR) is 100.0 cm³/mol. The number of rotatable bonds is 7. The number of hydrogen-bond donors (Lipinski definition) is 2. The highest BCUT2D eigenvalue weighted by atomic mass is 35.5. The van der Waals surface area contributed by atoms with Gasteiger partial charge in [0.2, 0.25) is 0 Å². The van der Waals surface area contributed by atoms with Gasteiger partial charge < -0.3 is 14.8 Å². The summed E-state index contributed by atoms with van der Waals surface area (Å²) in [6, 6.07) is 11.8. The van der Waals surface area contributed by atoms with Gasteiger partial charge in [0, 0.05) is 22.3 Å². The standard InChI is InChI=1S/C18H20ClN3O3/c1-3-24-16-10-5-13(17(11-16)25-4-2)12-20-22-18(23)21-15-8-6-14(19)7-9-15/h5-12H,3-4H2,1-2H3,(H2,21,22,23)/b20-12-. The van der Waals surface area contributed by atoms with Crippen LogP contribution in [0.25, 0.3) is 0 Å². The highest BCUT2D eigenvalue weighted by Gasteiger charge is 2.05. The number of carbonyl (C=O) groups is 1. The minimum absolute atomic E-state index is 0.456. The summed E-state index contributed by atoms with van der Waals surface area (Å²) >= 11 is 5.80. The number of ether oxygens (including phenoxy) is 2. The number of hydrogen-bond acceptors (Lipinski definition) is 4. The number of amides is 2. The molecule has 7 heteroatoms. The van der Waals surface area contributed by atoms with E-state index in [1.807, 2.05) is 26.0 Å². The zero-order chi connectivity index (χ0) is 18.1. The zero-order valence-electron chi connectivity index (χ0n) is 14.1. The number of nitrogens with one attached hydrogen (secondary N) is 2. The first-order chi connectivity index (χ1) is 12.1. The molecule has 0 saturated carbocycles. The van der Waals surface area contributed by atoms with Crippen molar-refractivity contribution in [2.24, 2.45) is 5.10 Å². The summed E-state index contributed by atoms with van der Waals surface area (Å²) in [5.41, 5.74) is 3.76. The van der Waals surface area contributed by atoms with Crippen molar-refractivity contribution in [3.05, 3.63) is 53.1 Å². The van der Waals surface area contributed by atoms with E-state index < -0.39 is 6.03 Å². The maximum atomic E-state index is 11.8. The molecule has 25 heavy (non-hydrogen) atoms. The second kappa shape index (κ2) is 9.54. The molecule has 0 fully saturated rings. The molecular formula is C18H20ClN3O3. The first kappa shape index (κ1) is 18.6. The quantitative estimate of drug-likeness (QED) is 0.570. The van der Waals surface area contributed by atoms with E-state index in [1.54, 1.807) is 30.3 Å². The van der Waals surface area contributed by atoms with Crippen LogP contribution in [0.3, 0.4) is 0 Å². The predicted octanol–water partition coefficient (Wildman–Crippen LogP) is 4.29. The molecule has 132 valence electrons. The van der Waals surface area contributed by atoms with Crippen LogP contribution in [0.2, 0.25) is 5.02 Å². The van der Waals surface area contributed by atoms with Crippen molar-refractivity contribution in [1.82, 2.24) is 5.43 Å². The molecule has 2 N–H and O–H groups in total. The van der Waals surface area contributed by atoms with Gasteiger partial charge in [0.1, 0.15) is 11.5 Å². The van der Waals surface area contributed by atoms with Crippen LogP contribution in [0.4, 0.5) is 10.5 Å². The molecule has 2 aromatic carbocycles. The number of hydrazone groups is 1. The smallest absolute Gasteiger partial charge is 0.339 e. The monoisotopic (exact) mass is 361 g/mol. The molecule has 0 radical (unpaired) electrons. The van der Waals surface area contributed by atoms with Gasteiger partial charge in [-0.05, 0) is 50.2 Å². The van der Waals surface area contributed by atoms with E-state index in [0.29, 0.717) is 29.7 Å². The third kappa shape index (κ3) is 6.00. The summed E-state index contributed by atoms with van der Waals surface area (Å²) in [6.07, 6.45) is 1.52. The number of anilines is 1. The van der Waals surface area contributed by atoms with Crippen molar-refractivity contribution in [2.75, 3.05) is 18.5 Å². The van der Waals surface area contributed by atoms with Crippen molar-refractivity contribution in [2.45, 2.75) is 13.8 Å². The molecule has 0 atom stereocenters. The molecule has 0 bridgehead atoms. The number of urea groups is 1. The number of carbonyl (C=O) groups excluding carboxylic acids is 1. The molecule has 0 aliphatic heterocycles. The first-order valence-electron chi connectivity index (χ1n) is 7.87. The minimum Gasteiger partial charge on any atom is -0.494 e. The molecule has 6 nitrogen and oxygen atoms in total. The van der Waals surface area contributed by atoms with Crippen LogP contribution >= 0.6 is 11.6 Å². The fourth-order valence-electron chi connectivity index (χ4n) is 2.01. The Bertz CT molecular complexity index is 733. The lowest BCUT2D eigenvalue weighted by atomic mass is 10.2. The third-order valence-electron chi connectivity index (χ3n) is 3.07. The van der Waals surface area contributed by atoms with Crippen LogP contribution in [0.1, 0.15) is 19.4 Å². The first-order valence-corrected chi connectivity index (χ1v) is 8.25. The van der Waals surface area contributed by atoms with E-state index in [4.69, 9.17) is 21.1 Å². The number of halogens is 1. The van der Waals surface area contributed by atoms with Crippen LogP contribution in [0.5, 0.6) is 11.5 Å². The lowest BCUT2D eigenvalue weighted by Crippen LogP contribution is -2.24. The highest BCUT2D eigenvalue weighted by Crippen LogP contribution is 2.24. The minimum atomic E-state index is -0.456. The van der Waals surface area contributed by atoms with Gasteiger partial charge in [-0.2, -0.15) is 5.10 Å². The van der Waals surface area contributed by atoms with Gasteiger partial charge in [0.15, 0.2) is 0 Å². The number of nitrogens with zero attached hydrogens (tertiary/aromatic N) is 1. The Balaban J connectivity index is 1.98. The maximum Gasteiger partial charge on any atom is 0.339 e. The third-order valence-corrected chi connectivity index (χ3v) is 3.32. The fraction of sp³-hybridized carbons (Fsp3) is 0.222. The van der Waals surface area contributed by atoms with E-state index >= 15 is 0 Å². The van der Waals surface area contributed by atoms with E-state index in [0.717, 1.165) is 11.3 Å². The summed E-state index contributed by atoms with van der Waals surface area (Å²) in [5.74, 6) is 1.36. The lowest BCUT2D eigenvalue weighted by Gasteiger charge is -2.10. The van der Waals surface area contributed by atoms with Gasteiger partial charge in [-0.25, -0.2) is 10.2 Å². The molecule has 0 aliphatic rings. The molecule has 0 aliphatic carbocycles. The largest absolute Gasteiger partial charge is 0.494 e. The van der Waals surface area contributed by atoms with Crippen LogP contribution in [-0.4, -0.2) is 25.5 Å². The highest BCUT2D eigenvalue weighted by molar-refractivity contribution is 6.30. The Labute approximate surface area is 151 Å². The van der Waals surface area contributed by atoms with Gasteiger partial charge in [-0.1, -0.05) is 11.6 Å². The van der Waals surface area contributed by atoms with Gasteiger partial charge in [0.05, 0.1) is 19.4 Å². The van der Waals surface area contributed by atoms with Gasteiger partial charge in [-0.3, -0.25) is 0 Å². The molecule has 0 unspecified atom stereocenters. The van der Waals surface area contributed by atoms with Crippen LogP contribution in [-0.2, 0) is 0 Å². The summed E-state index contributed by atoms with van der Waals surface area (Å²) < 4.78 is 11.0. The molecular weight excluding hydrogens is 342 g/mol. The average Bonchev–Trinajstić information content (AvgIpc) is 2.59. The second-order valence-electron chi connectivity index (χ2n) is 4.90. The Kier molecular flexibility index (Phi) is 7.10. The van der Waals surface area contributed by atoms with Crippen molar-refractivity contribution in [1.29, 1.82) is 0 Å². The van der Waals surface area contributed by atoms with Crippen LogP contribution < -0.4 is 20.2 Å². The van der Waals surface area contributed by atoms with Crippen molar-refractivity contribution >= 4 is 29.5 Å². The second-order valence-corrected chi connectivity index (χ2v) is 5.33. The van der Waals surface area contributed by atoms with E-state index in [1.165, 1.54) is 6.21 Å². The molecule has 2 rings (SSSR count). The van der Waals surface area contributed by atoms with Gasteiger partial charge >= 0.3 is 6.03 Å². The summed E-state index contributed by atoms with van der Waals surface area (Å²) in [6.45, 7) is 4.90. The van der Waals surface area contributed by atoms with Crippen LogP contribution in [0, 0.1) is 0 Å². The zero-order valence-corrected chi connectivity index (χ0v) is 14.8. The molecule has 0 aromatic heterocycles. The SMILES string of the molecule is CCOc1ccc(/C=N\NC(=O)Nc2ccc(Cl)cc2)c(OCC)c1. The van der Waals surface area contributed by atoms with Crippen molar-refractivity contribution in [3.8, 4) is 11.5 Å². The fourth-order valence-corrected chi connectivity index (χ4v) is 2.14. The Morgan fingerprint density at radius 1 is 1.12 bits per heavy atom. The average molecular weight is 362 g/mol. The Morgan fingerprint density at radius 2 is 1.84 bits per heavy atom. The summed E-state index contributed by atoms with van der Waals surface area (Å²) in [5, 5.41) is 7.19. The van der Waals surface area contributed by atoms with Crippen molar-refractivity contribution < 1.29 is 14.3 Å². The lowest BCUT2D eigenvalue weighted by molar-refractivity contribution is 0.252. The van der Waals surface area contributed by atoms with E-state index in [9.17, 15) is 4.79 Å². The molecule has 0 saturated heterocycles.